The number of hydrogen-bond acceptors (Lipinski definition) is 2. The molecule has 0 radical (unpaired) electrons. The molecular weight excluding hydrogens is 726 g/mol. The average molecular weight is 747 g/mol. The van der Waals surface area contributed by atoms with Crippen molar-refractivity contribution in [3.05, 3.63) is 121 Å². The first-order valence-electron chi connectivity index (χ1n) is 10.7. The smallest absolute Gasteiger partial charge is 0.0186 e. The van der Waals surface area contributed by atoms with Crippen molar-refractivity contribution in [2.75, 3.05) is 0 Å². The average Bonchev–Trinajstić information content (AvgIpc) is 2.89. The van der Waals surface area contributed by atoms with E-state index in [1.54, 1.807) is 21.6 Å². The summed E-state index contributed by atoms with van der Waals surface area (Å²) in [6.45, 7) is 0. The molecule has 41 heavy (non-hydrogen) atoms. The summed E-state index contributed by atoms with van der Waals surface area (Å²) < 4.78 is 129. The standard InChI is InChI=1S/C12H10S2.C6H5ClF4S.C6H5F5S.2FH.Zn/c1-3-7-11(8-4-1)13-14-12-9-5-2-6-10-12;2*7-12(8,9,10,11)6-4-2-1-3-5-6;;;/h1-10H;2*1-5H;2*1H;/q;;;;;+2/p-2. The third kappa shape index (κ3) is 16.6. The zero-order chi connectivity index (χ0) is 31.4. The zero-order valence-electron chi connectivity index (χ0n) is 20.4. The fraction of sp³-hybridized carbons (Fsp3) is 0. The van der Waals surface area contributed by atoms with Crippen molar-refractivity contribution in [3.8, 4) is 0 Å². The van der Waals surface area contributed by atoms with Crippen LogP contribution in [0.2, 0.25) is 0 Å². The van der Waals surface area contributed by atoms with E-state index in [1.807, 2.05) is 12.1 Å². The Morgan fingerprint density at radius 3 is 0.878 bits per heavy atom. The van der Waals surface area contributed by atoms with E-state index in [0.717, 1.165) is 24.3 Å². The second kappa shape index (κ2) is 13.4. The van der Waals surface area contributed by atoms with Gasteiger partial charge in [0.15, 0.2) is 0 Å². The molecule has 0 saturated carbocycles. The van der Waals surface area contributed by atoms with Crippen molar-refractivity contribution < 1.29 is 59.7 Å². The largest absolute Gasteiger partial charge is 0.0622 e. The van der Waals surface area contributed by atoms with Crippen LogP contribution >= 0.6 is 51.5 Å². The van der Waals surface area contributed by atoms with Crippen molar-refractivity contribution in [1.82, 2.24) is 0 Å². The number of halogens is 12. The SMILES string of the molecule is FS(F)(F)(F)(Cl)c1ccccc1.FS(F)(F)(F)(F)c1ccccc1.[F][Zn][F].c1ccc(SSc2ccccc2)cc1. The summed E-state index contributed by atoms with van der Waals surface area (Å²) in [5.41, 5.74) is 0. The summed E-state index contributed by atoms with van der Waals surface area (Å²) in [5.74, 6) is 0. The maximum absolute atomic E-state index is 12.4. The van der Waals surface area contributed by atoms with Gasteiger partial charge >= 0.3 is 35.0 Å². The van der Waals surface area contributed by atoms with E-state index in [-0.39, 0.29) is 0 Å². The molecule has 0 unspecified atom stereocenters. The Morgan fingerprint density at radius 1 is 0.439 bits per heavy atom. The van der Waals surface area contributed by atoms with Crippen molar-refractivity contribution >= 4 is 51.5 Å². The van der Waals surface area contributed by atoms with Gasteiger partial charge in [-0.3, -0.25) is 0 Å². The van der Waals surface area contributed by atoms with Gasteiger partial charge in [0.2, 0.25) is 0 Å². The molecule has 0 amide bonds. The number of hydrogen-bond donors (Lipinski definition) is 0. The zero-order valence-corrected chi connectivity index (χ0v) is 27.4. The molecule has 0 spiro atoms. The molecule has 226 valence electrons. The van der Waals surface area contributed by atoms with Crippen LogP contribution in [0.15, 0.2) is 141 Å². The van der Waals surface area contributed by atoms with Gasteiger partial charge in [0, 0.05) is 20.5 Å². The van der Waals surface area contributed by atoms with Crippen LogP contribution in [0, 0.1) is 0 Å². The molecule has 0 fully saturated rings. The van der Waals surface area contributed by atoms with Gasteiger partial charge in [-0.25, -0.2) is 0 Å². The summed E-state index contributed by atoms with van der Waals surface area (Å²) in [6.07, 6.45) is 0. The third-order valence-corrected chi connectivity index (χ3v) is 9.38. The van der Waals surface area contributed by atoms with Gasteiger partial charge in [-0.2, -0.15) is 0 Å². The first-order valence-corrected chi connectivity index (χ1v) is 19.9. The maximum atomic E-state index is 12.4. The van der Waals surface area contributed by atoms with Gasteiger partial charge in [0.05, 0.1) is 4.90 Å². The summed E-state index contributed by atoms with van der Waals surface area (Å²) in [6, 6.07) is 29.4. The minimum Gasteiger partial charge on any atom is -0.0622 e. The van der Waals surface area contributed by atoms with E-state index in [4.69, 9.17) is 0 Å². The predicted octanol–water partition coefficient (Wildman–Crippen LogP) is 14.3. The Morgan fingerprint density at radius 2 is 0.683 bits per heavy atom. The Labute approximate surface area is 250 Å². The molecule has 0 saturated heterocycles. The molecule has 0 heterocycles. The molecule has 4 aromatic carbocycles. The molecule has 0 aromatic heterocycles. The fourth-order valence-corrected chi connectivity index (χ4v) is 6.03. The summed E-state index contributed by atoms with van der Waals surface area (Å²) in [5, 5.41) is 0. The minimum absolute atomic E-state index is 0.363. The first-order chi connectivity index (χ1) is 18.6. The van der Waals surface area contributed by atoms with Crippen molar-refractivity contribution in [2.45, 2.75) is 19.6 Å². The molecule has 4 aromatic rings. The van der Waals surface area contributed by atoms with Gasteiger partial charge in [-0.05, 0) is 48.5 Å². The Bertz CT molecular complexity index is 1210. The van der Waals surface area contributed by atoms with Gasteiger partial charge < -0.3 is 0 Å². The van der Waals surface area contributed by atoms with Crippen LogP contribution in [0.3, 0.4) is 0 Å². The van der Waals surface area contributed by atoms with Gasteiger partial charge in [-0.15, -0.1) is 15.5 Å². The Kier molecular flexibility index (Phi) is 12.2. The number of benzene rings is 4. The molecule has 0 aliphatic rings. The molecule has 0 bridgehead atoms. The summed E-state index contributed by atoms with van der Waals surface area (Å²) in [7, 11) is -10.3. The van der Waals surface area contributed by atoms with Crippen LogP contribution < -0.4 is 0 Å². The molecule has 0 aliphatic carbocycles. The van der Waals surface area contributed by atoms with Gasteiger partial charge in [0.25, 0.3) is 9.05 Å². The van der Waals surface area contributed by atoms with Crippen LogP contribution in [0.5, 0.6) is 0 Å². The Balaban J connectivity index is 0.000000294. The van der Waals surface area contributed by atoms with Crippen LogP contribution in [-0.4, -0.2) is 0 Å². The maximum Gasteiger partial charge on any atom is 0.0186 e. The van der Waals surface area contributed by atoms with Crippen molar-refractivity contribution in [2.24, 2.45) is 0 Å². The normalized spacial score (nSPS) is 14.2. The van der Waals surface area contributed by atoms with E-state index >= 15 is 0 Å². The molecular formula is C24H20ClF11S4Zn. The fourth-order valence-electron chi connectivity index (χ4n) is 2.40. The molecule has 0 atom stereocenters. The molecule has 0 nitrogen and oxygen atoms in total. The van der Waals surface area contributed by atoms with Gasteiger partial charge in [-0.1, -0.05) is 114 Å². The quantitative estimate of drug-likeness (QED) is 0.113. The van der Waals surface area contributed by atoms with E-state index in [0.29, 0.717) is 24.3 Å². The topological polar surface area (TPSA) is 0 Å². The first kappa shape index (κ1) is 37.4. The third-order valence-electron chi connectivity index (χ3n) is 4.10. The Hall–Kier alpha value is -1.58. The monoisotopic (exact) mass is 744 g/mol. The van der Waals surface area contributed by atoms with Crippen LogP contribution in [-0.2, 0) is 18.1 Å². The molecule has 17 heteroatoms. The van der Waals surface area contributed by atoms with E-state index in [2.05, 4.69) is 59.2 Å². The summed E-state index contributed by atoms with van der Waals surface area (Å²) >= 11 is -2.88. The van der Waals surface area contributed by atoms with Crippen LogP contribution in [0.1, 0.15) is 0 Å². The van der Waals surface area contributed by atoms with E-state index in [1.165, 1.54) is 21.9 Å². The minimum atomic E-state index is -9.43. The second-order valence-corrected chi connectivity index (χ2v) is 16.8. The molecule has 4 rings (SSSR count). The van der Waals surface area contributed by atoms with Crippen molar-refractivity contribution in [3.63, 3.8) is 0 Å². The predicted molar refractivity (Wildman–Crippen MR) is 147 cm³/mol. The van der Waals surface area contributed by atoms with Gasteiger partial charge in [0.1, 0.15) is 4.90 Å². The van der Waals surface area contributed by atoms with Crippen LogP contribution in [0.4, 0.5) is 41.6 Å². The molecule has 0 aliphatic heterocycles. The van der Waals surface area contributed by atoms with Crippen molar-refractivity contribution in [1.29, 1.82) is 0 Å². The second-order valence-electron chi connectivity index (χ2n) is 7.46. The van der Waals surface area contributed by atoms with Crippen LogP contribution in [0.25, 0.3) is 0 Å². The van der Waals surface area contributed by atoms with E-state index < -0.39 is 47.2 Å². The summed E-state index contributed by atoms with van der Waals surface area (Å²) in [4.78, 5) is -0.681. The van der Waals surface area contributed by atoms with E-state index in [9.17, 15) is 41.6 Å². The molecule has 0 N–H and O–H groups in total. The number of rotatable bonds is 5.